The number of benzene rings is 1. The van der Waals surface area contributed by atoms with Crippen LogP contribution in [0.15, 0.2) is 43.1 Å². The summed E-state index contributed by atoms with van der Waals surface area (Å²) in [6.07, 6.45) is 3.03. The highest BCUT2D eigenvalue weighted by Gasteiger charge is 2.05. The molecule has 0 spiro atoms. The third kappa shape index (κ3) is 1.52. The highest BCUT2D eigenvalue weighted by molar-refractivity contribution is 5.98. The summed E-state index contributed by atoms with van der Waals surface area (Å²) in [5.74, 6) is 0.654. The topological polar surface area (TPSA) is 31.2 Å². The first-order chi connectivity index (χ1) is 7.26. The van der Waals surface area contributed by atoms with Crippen molar-refractivity contribution in [3.63, 3.8) is 0 Å². The minimum absolute atomic E-state index is 0.129. The minimum atomic E-state index is -0.129. The Balaban J connectivity index is 2.61. The van der Waals surface area contributed by atoms with Crippen molar-refractivity contribution in [1.82, 2.24) is 4.57 Å². The predicted octanol–water partition coefficient (Wildman–Crippen LogP) is 2.48. The van der Waals surface area contributed by atoms with Gasteiger partial charge in [-0.05, 0) is 30.3 Å². The maximum Gasteiger partial charge on any atom is 0.254 e. The number of hydrogen-bond donors (Lipinski definition) is 0. The zero-order valence-electron chi connectivity index (χ0n) is 8.43. The highest BCUT2D eigenvalue weighted by Crippen LogP contribution is 2.21. The van der Waals surface area contributed by atoms with Crippen molar-refractivity contribution in [2.75, 3.05) is 7.11 Å². The largest absolute Gasteiger partial charge is 0.497 e. The summed E-state index contributed by atoms with van der Waals surface area (Å²) in [6.45, 7) is 3.46. The van der Waals surface area contributed by atoms with Crippen molar-refractivity contribution in [3.8, 4) is 5.75 Å². The van der Waals surface area contributed by atoms with E-state index in [1.165, 1.54) is 6.08 Å². The smallest absolute Gasteiger partial charge is 0.254 e. The van der Waals surface area contributed by atoms with Crippen LogP contribution >= 0.6 is 0 Å². The van der Waals surface area contributed by atoms with Gasteiger partial charge in [0.1, 0.15) is 5.75 Å². The molecule has 0 aliphatic rings. The van der Waals surface area contributed by atoms with Crippen molar-refractivity contribution in [3.05, 3.63) is 43.1 Å². The van der Waals surface area contributed by atoms with Gasteiger partial charge in [-0.1, -0.05) is 6.58 Å². The first kappa shape index (κ1) is 9.52. The van der Waals surface area contributed by atoms with Crippen LogP contribution in [0.4, 0.5) is 0 Å². The van der Waals surface area contributed by atoms with Gasteiger partial charge in [0, 0.05) is 11.6 Å². The van der Waals surface area contributed by atoms with E-state index in [-0.39, 0.29) is 5.91 Å². The van der Waals surface area contributed by atoms with Crippen LogP contribution in [0.3, 0.4) is 0 Å². The Morgan fingerprint density at radius 1 is 1.47 bits per heavy atom. The van der Waals surface area contributed by atoms with Gasteiger partial charge >= 0.3 is 0 Å². The highest BCUT2D eigenvalue weighted by atomic mass is 16.5. The van der Waals surface area contributed by atoms with Crippen molar-refractivity contribution in [1.29, 1.82) is 0 Å². The van der Waals surface area contributed by atoms with Crippen LogP contribution in [-0.2, 0) is 0 Å². The molecule has 0 aliphatic heterocycles. The maximum absolute atomic E-state index is 11.5. The fraction of sp³-hybridized carbons (Fsp3) is 0.0833. The molecule has 1 aromatic heterocycles. The molecule has 1 heterocycles. The number of hydrogen-bond acceptors (Lipinski definition) is 2. The lowest BCUT2D eigenvalue weighted by Crippen LogP contribution is -2.04. The molecular weight excluding hydrogens is 190 g/mol. The van der Waals surface area contributed by atoms with E-state index in [1.807, 2.05) is 24.3 Å². The number of nitrogens with zero attached hydrogens (tertiary/aromatic N) is 1. The van der Waals surface area contributed by atoms with Crippen molar-refractivity contribution in [2.24, 2.45) is 0 Å². The summed E-state index contributed by atoms with van der Waals surface area (Å²) < 4.78 is 6.66. The van der Waals surface area contributed by atoms with E-state index >= 15 is 0 Å². The molecule has 0 aliphatic carbocycles. The van der Waals surface area contributed by atoms with E-state index in [1.54, 1.807) is 17.9 Å². The SMILES string of the molecule is C=CC(=O)n1ccc2cc(OC)ccc21. The van der Waals surface area contributed by atoms with Gasteiger partial charge in [-0.25, -0.2) is 0 Å². The van der Waals surface area contributed by atoms with E-state index in [0.29, 0.717) is 0 Å². The molecule has 3 heteroatoms. The number of aromatic nitrogens is 1. The second kappa shape index (κ2) is 3.61. The molecule has 0 bridgehead atoms. The third-order valence-electron chi connectivity index (χ3n) is 2.31. The van der Waals surface area contributed by atoms with Crippen LogP contribution in [0, 0.1) is 0 Å². The number of allylic oxidation sites excluding steroid dienone is 1. The first-order valence-corrected chi connectivity index (χ1v) is 4.58. The molecule has 0 saturated carbocycles. The molecule has 0 atom stereocenters. The fourth-order valence-corrected chi connectivity index (χ4v) is 1.54. The molecule has 15 heavy (non-hydrogen) atoms. The number of carbonyl (C=O) groups is 1. The number of ether oxygens (including phenoxy) is 1. The van der Waals surface area contributed by atoms with E-state index in [4.69, 9.17) is 4.74 Å². The van der Waals surface area contributed by atoms with Gasteiger partial charge < -0.3 is 4.74 Å². The lowest BCUT2D eigenvalue weighted by molar-refractivity contribution is 0.0974. The lowest BCUT2D eigenvalue weighted by Gasteiger charge is -2.01. The van der Waals surface area contributed by atoms with E-state index < -0.39 is 0 Å². The van der Waals surface area contributed by atoms with Crippen molar-refractivity contribution in [2.45, 2.75) is 0 Å². The Labute approximate surface area is 87.6 Å². The first-order valence-electron chi connectivity index (χ1n) is 4.58. The molecule has 0 unspecified atom stereocenters. The second-order valence-corrected chi connectivity index (χ2v) is 3.15. The van der Waals surface area contributed by atoms with Gasteiger partial charge in [0.05, 0.1) is 12.6 Å². The summed E-state index contributed by atoms with van der Waals surface area (Å²) in [5, 5.41) is 0.976. The van der Waals surface area contributed by atoms with E-state index in [9.17, 15) is 4.79 Å². The third-order valence-corrected chi connectivity index (χ3v) is 2.31. The van der Waals surface area contributed by atoms with Crippen LogP contribution in [0.25, 0.3) is 10.9 Å². The molecule has 76 valence electrons. The Kier molecular flexibility index (Phi) is 2.29. The monoisotopic (exact) mass is 201 g/mol. The molecule has 0 saturated heterocycles. The second-order valence-electron chi connectivity index (χ2n) is 3.15. The minimum Gasteiger partial charge on any atom is -0.497 e. The molecule has 3 nitrogen and oxygen atoms in total. The average Bonchev–Trinajstić information content (AvgIpc) is 2.70. The van der Waals surface area contributed by atoms with Gasteiger partial charge in [0.15, 0.2) is 0 Å². The number of methoxy groups -OCH3 is 1. The molecule has 0 amide bonds. The van der Waals surface area contributed by atoms with Gasteiger partial charge in [0.25, 0.3) is 5.91 Å². The summed E-state index contributed by atoms with van der Waals surface area (Å²) in [5.41, 5.74) is 0.862. The normalized spacial score (nSPS) is 10.2. The summed E-state index contributed by atoms with van der Waals surface area (Å²) in [7, 11) is 1.62. The van der Waals surface area contributed by atoms with Gasteiger partial charge in [0.2, 0.25) is 0 Å². The average molecular weight is 201 g/mol. The Morgan fingerprint density at radius 3 is 2.93 bits per heavy atom. The Bertz CT molecular complexity index is 525. The number of carbonyl (C=O) groups excluding carboxylic acids is 1. The zero-order valence-corrected chi connectivity index (χ0v) is 8.43. The Morgan fingerprint density at radius 2 is 2.27 bits per heavy atom. The predicted molar refractivity (Wildman–Crippen MR) is 59.3 cm³/mol. The molecule has 0 radical (unpaired) electrons. The van der Waals surface area contributed by atoms with Crippen LogP contribution in [0.1, 0.15) is 4.79 Å². The number of rotatable bonds is 2. The van der Waals surface area contributed by atoms with Crippen molar-refractivity contribution < 1.29 is 9.53 Å². The molecule has 2 rings (SSSR count). The number of fused-ring (bicyclic) bond motifs is 1. The van der Waals surface area contributed by atoms with Gasteiger partial charge in [-0.2, -0.15) is 0 Å². The standard InChI is InChI=1S/C12H11NO2/c1-3-12(14)13-7-6-9-8-10(15-2)4-5-11(9)13/h3-8H,1H2,2H3. The van der Waals surface area contributed by atoms with Crippen LogP contribution < -0.4 is 4.74 Å². The summed E-state index contributed by atoms with van der Waals surface area (Å²) in [6, 6.07) is 7.45. The molecular formula is C12H11NO2. The van der Waals surface area contributed by atoms with E-state index in [0.717, 1.165) is 16.7 Å². The fourth-order valence-electron chi connectivity index (χ4n) is 1.54. The summed E-state index contributed by atoms with van der Waals surface area (Å²) in [4.78, 5) is 11.5. The Hall–Kier alpha value is -2.03. The lowest BCUT2D eigenvalue weighted by atomic mass is 10.2. The maximum atomic E-state index is 11.5. The molecule has 0 N–H and O–H groups in total. The van der Waals surface area contributed by atoms with Crippen LogP contribution in [0.2, 0.25) is 0 Å². The zero-order chi connectivity index (χ0) is 10.8. The van der Waals surface area contributed by atoms with Crippen LogP contribution in [0.5, 0.6) is 5.75 Å². The van der Waals surface area contributed by atoms with E-state index in [2.05, 4.69) is 6.58 Å². The quantitative estimate of drug-likeness (QED) is 0.699. The summed E-state index contributed by atoms with van der Waals surface area (Å²) >= 11 is 0. The molecule has 0 fully saturated rings. The van der Waals surface area contributed by atoms with Gasteiger partial charge in [-0.3, -0.25) is 9.36 Å². The van der Waals surface area contributed by atoms with Gasteiger partial charge in [-0.15, -0.1) is 0 Å². The van der Waals surface area contributed by atoms with Crippen molar-refractivity contribution >= 4 is 16.8 Å². The van der Waals surface area contributed by atoms with Crippen LogP contribution in [-0.4, -0.2) is 17.6 Å². The molecule has 1 aromatic carbocycles. The molecule has 2 aromatic rings.